The first-order valence-electron chi connectivity index (χ1n) is 6.43. The lowest BCUT2D eigenvalue weighted by molar-refractivity contribution is 0.0553. The van der Waals surface area contributed by atoms with E-state index in [0.29, 0.717) is 41.8 Å². The second-order valence-corrected chi connectivity index (χ2v) is 5.88. The van der Waals surface area contributed by atoms with Crippen LogP contribution >= 0.6 is 11.6 Å². The van der Waals surface area contributed by atoms with Gasteiger partial charge in [0, 0.05) is 18.4 Å². The summed E-state index contributed by atoms with van der Waals surface area (Å²) < 4.78 is 11.2. The van der Waals surface area contributed by atoms with E-state index in [9.17, 15) is 5.11 Å². The topological polar surface area (TPSA) is 64.7 Å². The van der Waals surface area contributed by atoms with Gasteiger partial charge in [-0.05, 0) is 17.7 Å². The molecule has 3 N–H and O–H groups in total. The van der Waals surface area contributed by atoms with Gasteiger partial charge in [0.15, 0.2) is 11.5 Å². The van der Waals surface area contributed by atoms with E-state index in [0.717, 1.165) is 6.42 Å². The molecule has 1 atom stereocenters. The van der Waals surface area contributed by atoms with Crippen LogP contribution in [0.3, 0.4) is 0 Å². The zero-order valence-electron chi connectivity index (χ0n) is 11.3. The molecule has 1 heterocycles. The molecule has 0 aliphatic carbocycles. The number of aliphatic hydroxyl groups is 1. The predicted octanol–water partition coefficient (Wildman–Crippen LogP) is 2.52. The fraction of sp³-hybridized carbons (Fsp3) is 0.571. The normalized spacial score (nSPS) is 16.9. The number of nitrogens with two attached hydrogens (primary N) is 1. The Hall–Kier alpha value is -0.970. The number of rotatable bonds is 3. The molecule has 5 heteroatoms. The van der Waals surface area contributed by atoms with Crippen LogP contribution in [0.4, 0.5) is 0 Å². The minimum atomic E-state index is -0.702. The number of benzene rings is 1. The summed E-state index contributed by atoms with van der Waals surface area (Å²) in [5, 5.41) is 10.9. The van der Waals surface area contributed by atoms with E-state index in [2.05, 4.69) is 0 Å². The lowest BCUT2D eigenvalue weighted by atomic mass is 9.83. The highest BCUT2D eigenvalue weighted by atomic mass is 35.5. The third-order valence-corrected chi connectivity index (χ3v) is 3.69. The van der Waals surface area contributed by atoms with Gasteiger partial charge in [-0.25, -0.2) is 0 Å². The summed E-state index contributed by atoms with van der Waals surface area (Å²) >= 11 is 6.21. The van der Waals surface area contributed by atoms with Gasteiger partial charge in [-0.15, -0.1) is 0 Å². The molecular formula is C14H20ClNO3. The third kappa shape index (κ3) is 2.96. The highest BCUT2D eigenvalue weighted by Gasteiger charge is 2.29. The van der Waals surface area contributed by atoms with Crippen LogP contribution in [0.1, 0.15) is 31.9 Å². The molecule has 19 heavy (non-hydrogen) atoms. The van der Waals surface area contributed by atoms with E-state index in [1.54, 1.807) is 12.1 Å². The Balaban J connectivity index is 2.38. The van der Waals surface area contributed by atoms with Crippen LogP contribution in [-0.4, -0.2) is 24.9 Å². The standard InChI is InChI=1S/C14H20ClNO3/c1-14(2,8-16)13(17)9-6-10(15)12-11(7-9)18-4-3-5-19-12/h6-7,13,17H,3-5,8,16H2,1-2H3. The summed E-state index contributed by atoms with van der Waals surface area (Å²) in [5.74, 6) is 1.15. The lowest BCUT2D eigenvalue weighted by Crippen LogP contribution is -2.30. The minimum Gasteiger partial charge on any atom is -0.489 e. The van der Waals surface area contributed by atoms with Crippen molar-refractivity contribution in [2.45, 2.75) is 26.4 Å². The molecule has 0 fully saturated rings. The van der Waals surface area contributed by atoms with Crippen LogP contribution in [0.15, 0.2) is 12.1 Å². The second-order valence-electron chi connectivity index (χ2n) is 5.48. The van der Waals surface area contributed by atoms with Crippen molar-refractivity contribution in [1.29, 1.82) is 0 Å². The number of hydrogen-bond acceptors (Lipinski definition) is 4. The Kier molecular flexibility index (Phi) is 4.23. The molecule has 2 rings (SSSR count). The number of fused-ring (bicyclic) bond motifs is 1. The SMILES string of the molecule is CC(C)(CN)C(O)c1cc(Cl)c2c(c1)OCCCO2. The molecule has 0 bridgehead atoms. The van der Waals surface area contributed by atoms with E-state index < -0.39 is 11.5 Å². The van der Waals surface area contributed by atoms with Crippen LogP contribution in [0, 0.1) is 5.41 Å². The average Bonchev–Trinajstić information content (AvgIpc) is 2.63. The van der Waals surface area contributed by atoms with Crippen molar-refractivity contribution in [2.75, 3.05) is 19.8 Å². The smallest absolute Gasteiger partial charge is 0.179 e. The molecule has 0 amide bonds. The third-order valence-electron chi connectivity index (χ3n) is 3.41. The molecule has 1 aliphatic rings. The van der Waals surface area contributed by atoms with Crippen molar-refractivity contribution in [3.05, 3.63) is 22.7 Å². The molecule has 1 aromatic carbocycles. The van der Waals surface area contributed by atoms with Crippen LogP contribution in [0.5, 0.6) is 11.5 Å². The fourth-order valence-electron chi connectivity index (χ4n) is 1.97. The fourth-order valence-corrected chi connectivity index (χ4v) is 2.25. The molecule has 106 valence electrons. The van der Waals surface area contributed by atoms with Crippen molar-refractivity contribution in [3.8, 4) is 11.5 Å². The van der Waals surface area contributed by atoms with E-state index >= 15 is 0 Å². The monoisotopic (exact) mass is 285 g/mol. The number of aliphatic hydroxyl groups excluding tert-OH is 1. The van der Waals surface area contributed by atoms with Gasteiger partial charge in [0.2, 0.25) is 0 Å². The molecule has 1 aliphatic heterocycles. The van der Waals surface area contributed by atoms with Gasteiger partial charge in [-0.1, -0.05) is 25.4 Å². The van der Waals surface area contributed by atoms with Gasteiger partial charge >= 0.3 is 0 Å². The van der Waals surface area contributed by atoms with E-state index in [1.165, 1.54) is 0 Å². The van der Waals surface area contributed by atoms with E-state index in [4.69, 9.17) is 26.8 Å². The molecule has 1 unspecified atom stereocenters. The maximum atomic E-state index is 10.4. The largest absolute Gasteiger partial charge is 0.489 e. The summed E-state index contributed by atoms with van der Waals surface area (Å²) in [4.78, 5) is 0. The zero-order chi connectivity index (χ0) is 14.0. The van der Waals surface area contributed by atoms with Crippen LogP contribution in [-0.2, 0) is 0 Å². The second kappa shape index (κ2) is 5.57. The molecular weight excluding hydrogens is 266 g/mol. The lowest BCUT2D eigenvalue weighted by Gasteiger charge is -2.29. The number of ether oxygens (including phenoxy) is 2. The summed E-state index contributed by atoms with van der Waals surface area (Å²) in [6, 6.07) is 3.51. The van der Waals surface area contributed by atoms with Gasteiger partial charge in [0.05, 0.1) is 24.3 Å². The summed E-state index contributed by atoms with van der Waals surface area (Å²) in [7, 11) is 0. The van der Waals surface area contributed by atoms with Crippen molar-refractivity contribution in [1.82, 2.24) is 0 Å². The first kappa shape index (κ1) is 14.4. The van der Waals surface area contributed by atoms with E-state index in [-0.39, 0.29) is 0 Å². The molecule has 0 aromatic heterocycles. The van der Waals surface area contributed by atoms with Crippen molar-refractivity contribution in [2.24, 2.45) is 11.1 Å². The molecule has 0 spiro atoms. The number of halogens is 1. The van der Waals surface area contributed by atoms with Crippen LogP contribution in [0.25, 0.3) is 0 Å². The van der Waals surface area contributed by atoms with Crippen molar-refractivity contribution >= 4 is 11.6 Å². The Morgan fingerprint density at radius 2 is 2.05 bits per heavy atom. The summed E-state index contributed by atoms with van der Waals surface area (Å²) in [6.45, 7) is 5.37. The Morgan fingerprint density at radius 1 is 1.37 bits per heavy atom. The Labute approximate surface area is 118 Å². The van der Waals surface area contributed by atoms with Crippen molar-refractivity contribution < 1.29 is 14.6 Å². The van der Waals surface area contributed by atoms with E-state index in [1.807, 2.05) is 13.8 Å². The Morgan fingerprint density at radius 3 is 2.74 bits per heavy atom. The predicted molar refractivity (Wildman–Crippen MR) is 74.9 cm³/mol. The van der Waals surface area contributed by atoms with Gasteiger partial charge in [-0.2, -0.15) is 0 Å². The highest BCUT2D eigenvalue weighted by Crippen LogP contribution is 2.42. The molecule has 1 aromatic rings. The van der Waals surface area contributed by atoms with Crippen molar-refractivity contribution in [3.63, 3.8) is 0 Å². The first-order valence-corrected chi connectivity index (χ1v) is 6.80. The Bertz CT molecular complexity index is 462. The van der Waals surface area contributed by atoms with Gasteiger partial charge in [0.25, 0.3) is 0 Å². The van der Waals surface area contributed by atoms with Gasteiger partial charge < -0.3 is 20.3 Å². The maximum Gasteiger partial charge on any atom is 0.179 e. The first-order chi connectivity index (χ1) is 8.95. The average molecular weight is 286 g/mol. The van der Waals surface area contributed by atoms with Gasteiger partial charge in [-0.3, -0.25) is 0 Å². The minimum absolute atomic E-state index is 0.375. The number of hydrogen-bond donors (Lipinski definition) is 2. The molecule has 0 saturated heterocycles. The van der Waals surface area contributed by atoms with Crippen LogP contribution < -0.4 is 15.2 Å². The summed E-state index contributed by atoms with van der Waals surface area (Å²) in [6.07, 6.45) is 0.115. The maximum absolute atomic E-state index is 10.4. The quantitative estimate of drug-likeness (QED) is 0.896. The molecule has 0 saturated carbocycles. The molecule has 0 radical (unpaired) electrons. The van der Waals surface area contributed by atoms with Crippen LogP contribution in [0.2, 0.25) is 5.02 Å². The summed E-state index contributed by atoms with van der Waals surface area (Å²) in [5.41, 5.74) is 5.97. The zero-order valence-corrected chi connectivity index (χ0v) is 12.0. The highest BCUT2D eigenvalue weighted by molar-refractivity contribution is 6.32. The molecule has 4 nitrogen and oxygen atoms in total. The van der Waals surface area contributed by atoms with Gasteiger partial charge in [0.1, 0.15) is 0 Å².